The molecule has 1 fully saturated rings. The molecule has 12 heavy (non-hydrogen) atoms. The van der Waals surface area contributed by atoms with Crippen molar-refractivity contribution in [1.82, 2.24) is 4.67 Å². The summed E-state index contributed by atoms with van der Waals surface area (Å²) in [6.45, 7) is 12.2. The van der Waals surface area contributed by atoms with E-state index in [9.17, 15) is 0 Å². The molecule has 1 aliphatic rings. The lowest BCUT2D eigenvalue weighted by Crippen LogP contribution is -2.22. The molecule has 0 radical (unpaired) electrons. The van der Waals surface area contributed by atoms with Gasteiger partial charge >= 0.3 is 0 Å². The Balaban J connectivity index is 2.52. The zero-order valence-electron chi connectivity index (χ0n) is 8.88. The lowest BCUT2D eigenvalue weighted by atomic mass is 10.4. The van der Waals surface area contributed by atoms with Crippen LogP contribution in [0, 0.1) is 0 Å². The second kappa shape index (κ2) is 4.58. The lowest BCUT2D eigenvalue weighted by Gasteiger charge is -2.34. The van der Waals surface area contributed by atoms with Gasteiger partial charge in [-0.15, -0.1) is 0 Å². The Kier molecular flexibility index (Phi) is 3.99. The minimum atomic E-state index is 0.154. The van der Waals surface area contributed by atoms with E-state index in [1.165, 1.54) is 25.9 Å². The first kappa shape index (κ1) is 10.5. The van der Waals surface area contributed by atoms with Crippen molar-refractivity contribution in [3.63, 3.8) is 0 Å². The molecule has 1 saturated heterocycles. The Labute approximate surface area is 78.3 Å². The van der Waals surface area contributed by atoms with Crippen LogP contribution in [0.3, 0.4) is 0 Å². The summed E-state index contributed by atoms with van der Waals surface area (Å²) in [7, 11) is 0.154. The molecule has 2 heteroatoms. The standard InChI is InChI=1S/C10H22NP/c1-9(2)12(10(3)4)11-7-5-6-8-11/h9-10H,5-8H2,1-4H3. The van der Waals surface area contributed by atoms with Gasteiger partial charge in [0.2, 0.25) is 0 Å². The van der Waals surface area contributed by atoms with E-state index in [1.54, 1.807) is 0 Å². The fourth-order valence-electron chi connectivity index (χ4n) is 2.18. The highest BCUT2D eigenvalue weighted by atomic mass is 31.1. The summed E-state index contributed by atoms with van der Waals surface area (Å²) in [5.41, 5.74) is 1.75. The van der Waals surface area contributed by atoms with E-state index in [-0.39, 0.29) is 8.07 Å². The third kappa shape index (κ3) is 2.44. The molecule has 0 N–H and O–H groups in total. The van der Waals surface area contributed by atoms with Gasteiger partial charge < -0.3 is 0 Å². The maximum atomic E-state index is 2.74. The lowest BCUT2D eigenvalue weighted by molar-refractivity contribution is 0.551. The zero-order valence-corrected chi connectivity index (χ0v) is 9.77. The maximum absolute atomic E-state index is 2.74. The Morgan fingerprint density at radius 3 is 1.67 bits per heavy atom. The average molecular weight is 187 g/mol. The van der Waals surface area contributed by atoms with Crippen molar-refractivity contribution in [1.29, 1.82) is 0 Å². The minimum Gasteiger partial charge on any atom is -0.282 e. The Morgan fingerprint density at radius 2 is 1.33 bits per heavy atom. The third-order valence-electron chi connectivity index (χ3n) is 2.47. The summed E-state index contributed by atoms with van der Waals surface area (Å²) in [4.78, 5) is 0. The van der Waals surface area contributed by atoms with Crippen molar-refractivity contribution < 1.29 is 0 Å². The molecular formula is C10H22NP. The molecule has 0 saturated carbocycles. The fourth-order valence-corrected chi connectivity index (χ4v) is 5.42. The normalized spacial score (nSPS) is 20.2. The van der Waals surface area contributed by atoms with Gasteiger partial charge in [0.15, 0.2) is 0 Å². The molecule has 1 nitrogen and oxygen atoms in total. The van der Waals surface area contributed by atoms with Crippen molar-refractivity contribution >= 4 is 8.07 Å². The van der Waals surface area contributed by atoms with Gasteiger partial charge in [-0.1, -0.05) is 27.7 Å². The highest BCUT2D eigenvalue weighted by Gasteiger charge is 2.26. The van der Waals surface area contributed by atoms with Crippen molar-refractivity contribution in [3.05, 3.63) is 0 Å². The van der Waals surface area contributed by atoms with E-state index in [1.807, 2.05) is 0 Å². The maximum Gasteiger partial charge on any atom is 0.00216 e. The van der Waals surface area contributed by atoms with Crippen LogP contribution in [-0.2, 0) is 0 Å². The van der Waals surface area contributed by atoms with Crippen LogP contribution in [0.25, 0.3) is 0 Å². The van der Waals surface area contributed by atoms with E-state index in [2.05, 4.69) is 32.4 Å². The SMILES string of the molecule is CC(C)P(C(C)C)N1CCCC1. The van der Waals surface area contributed by atoms with Crippen molar-refractivity contribution in [2.45, 2.75) is 51.9 Å². The van der Waals surface area contributed by atoms with E-state index in [0.717, 1.165) is 11.3 Å². The van der Waals surface area contributed by atoms with E-state index < -0.39 is 0 Å². The van der Waals surface area contributed by atoms with Gasteiger partial charge in [0.25, 0.3) is 0 Å². The highest BCUT2D eigenvalue weighted by molar-refractivity contribution is 7.56. The molecular weight excluding hydrogens is 165 g/mol. The largest absolute Gasteiger partial charge is 0.282 e. The molecule has 1 heterocycles. The Bertz CT molecular complexity index is 120. The monoisotopic (exact) mass is 187 g/mol. The van der Waals surface area contributed by atoms with Gasteiger partial charge in [0.05, 0.1) is 0 Å². The average Bonchev–Trinajstić information content (AvgIpc) is 2.37. The van der Waals surface area contributed by atoms with Crippen LogP contribution in [0.15, 0.2) is 0 Å². The van der Waals surface area contributed by atoms with Gasteiger partial charge in [-0.05, 0) is 32.2 Å². The van der Waals surface area contributed by atoms with Crippen LogP contribution in [0.2, 0.25) is 0 Å². The molecule has 0 amide bonds. The molecule has 0 spiro atoms. The quantitative estimate of drug-likeness (QED) is 0.613. The molecule has 1 aliphatic heterocycles. The fraction of sp³-hybridized carbons (Fsp3) is 1.00. The second-order valence-corrected chi connectivity index (χ2v) is 7.62. The van der Waals surface area contributed by atoms with E-state index in [4.69, 9.17) is 0 Å². The summed E-state index contributed by atoms with van der Waals surface area (Å²) in [5, 5.41) is 0. The summed E-state index contributed by atoms with van der Waals surface area (Å²) >= 11 is 0. The molecule has 0 unspecified atom stereocenters. The first-order chi connectivity index (χ1) is 5.63. The Hall–Kier alpha value is 0.390. The summed E-state index contributed by atoms with van der Waals surface area (Å²) in [6, 6.07) is 0. The smallest absolute Gasteiger partial charge is 0.00216 e. The van der Waals surface area contributed by atoms with Crippen LogP contribution in [-0.4, -0.2) is 29.1 Å². The van der Waals surface area contributed by atoms with Crippen molar-refractivity contribution in [2.75, 3.05) is 13.1 Å². The van der Waals surface area contributed by atoms with Gasteiger partial charge in [0.1, 0.15) is 0 Å². The van der Waals surface area contributed by atoms with Gasteiger partial charge in [-0.3, -0.25) is 4.67 Å². The molecule has 0 aromatic heterocycles. The van der Waals surface area contributed by atoms with Gasteiger partial charge in [0, 0.05) is 13.1 Å². The van der Waals surface area contributed by atoms with Crippen LogP contribution in [0.5, 0.6) is 0 Å². The molecule has 0 bridgehead atoms. The molecule has 1 rings (SSSR count). The van der Waals surface area contributed by atoms with Crippen LogP contribution in [0.1, 0.15) is 40.5 Å². The number of hydrogen-bond donors (Lipinski definition) is 0. The summed E-state index contributed by atoms with van der Waals surface area (Å²) in [5.74, 6) is 0. The molecule has 0 aromatic carbocycles. The molecule has 0 aliphatic carbocycles. The van der Waals surface area contributed by atoms with Gasteiger partial charge in [-0.25, -0.2) is 0 Å². The van der Waals surface area contributed by atoms with Crippen LogP contribution < -0.4 is 0 Å². The zero-order chi connectivity index (χ0) is 9.14. The van der Waals surface area contributed by atoms with Crippen LogP contribution >= 0.6 is 8.07 Å². The van der Waals surface area contributed by atoms with Crippen molar-refractivity contribution in [2.24, 2.45) is 0 Å². The predicted molar refractivity (Wildman–Crippen MR) is 58.0 cm³/mol. The Morgan fingerprint density at radius 1 is 0.917 bits per heavy atom. The third-order valence-corrected chi connectivity index (χ3v) is 5.64. The first-order valence-corrected chi connectivity index (χ1v) is 6.59. The van der Waals surface area contributed by atoms with Crippen molar-refractivity contribution in [3.8, 4) is 0 Å². The molecule has 72 valence electrons. The summed E-state index contributed by atoms with van der Waals surface area (Å²) in [6.07, 6.45) is 2.86. The minimum absolute atomic E-state index is 0.154. The second-order valence-electron chi connectivity index (χ2n) is 4.23. The number of hydrogen-bond acceptors (Lipinski definition) is 1. The van der Waals surface area contributed by atoms with E-state index in [0.29, 0.717) is 0 Å². The van der Waals surface area contributed by atoms with E-state index >= 15 is 0 Å². The summed E-state index contributed by atoms with van der Waals surface area (Å²) < 4.78 is 2.74. The number of nitrogens with zero attached hydrogens (tertiary/aromatic N) is 1. The highest BCUT2D eigenvalue weighted by Crippen LogP contribution is 2.50. The predicted octanol–water partition coefficient (Wildman–Crippen LogP) is 3.30. The first-order valence-electron chi connectivity index (χ1n) is 5.16. The number of rotatable bonds is 3. The van der Waals surface area contributed by atoms with Crippen LogP contribution in [0.4, 0.5) is 0 Å². The topological polar surface area (TPSA) is 3.24 Å². The molecule has 0 aromatic rings. The van der Waals surface area contributed by atoms with Gasteiger partial charge in [-0.2, -0.15) is 0 Å². The molecule has 0 atom stereocenters.